The van der Waals surface area contributed by atoms with E-state index in [1.807, 2.05) is 12.1 Å². The maximum absolute atomic E-state index is 5.67. The lowest BCUT2D eigenvalue weighted by Gasteiger charge is -2.32. The maximum Gasteiger partial charge on any atom is 0.137 e. The fourth-order valence-electron chi connectivity index (χ4n) is 1.67. The zero-order valence-corrected chi connectivity index (χ0v) is 9.02. The van der Waals surface area contributed by atoms with Crippen molar-refractivity contribution in [1.29, 1.82) is 0 Å². The number of hydrogen-bond acceptors (Lipinski definition) is 4. The van der Waals surface area contributed by atoms with Crippen LogP contribution < -0.4 is 10.1 Å². The van der Waals surface area contributed by atoms with Gasteiger partial charge in [0.1, 0.15) is 12.4 Å². The van der Waals surface area contributed by atoms with Gasteiger partial charge in [-0.05, 0) is 19.2 Å². The van der Waals surface area contributed by atoms with Crippen molar-refractivity contribution in [2.45, 2.75) is 6.04 Å². The van der Waals surface area contributed by atoms with E-state index in [1.54, 1.807) is 12.4 Å². The second-order valence-electron chi connectivity index (χ2n) is 3.84. The van der Waals surface area contributed by atoms with E-state index < -0.39 is 0 Å². The third-order valence-electron chi connectivity index (χ3n) is 2.72. The summed E-state index contributed by atoms with van der Waals surface area (Å²) in [7, 11) is 2.14. The average Bonchev–Trinajstić information content (AvgIpc) is 2.29. The van der Waals surface area contributed by atoms with E-state index in [4.69, 9.17) is 4.74 Å². The molecule has 2 heterocycles. The van der Waals surface area contributed by atoms with Crippen molar-refractivity contribution in [3.05, 3.63) is 24.5 Å². The van der Waals surface area contributed by atoms with Gasteiger partial charge >= 0.3 is 0 Å². The fraction of sp³-hybridized carbons (Fsp3) is 0.545. The number of nitrogens with zero attached hydrogens (tertiary/aromatic N) is 2. The molecular formula is C11H17N3O. The molecule has 0 radical (unpaired) electrons. The molecule has 82 valence electrons. The number of pyridine rings is 1. The Balaban J connectivity index is 1.82. The molecule has 1 aromatic heterocycles. The number of aromatic nitrogens is 1. The third kappa shape index (κ3) is 2.91. The quantitative estimate of drug-likeness (QED) is 0.777. The summed E-state index contributed by atoms with van der Waals surface area (Å²) >= 11 is 0. The van der Waals surface area contributed by atoms with Crippen LogP contribution in [0.15, 0.2) is 24.5 Å². The Morgan fingerprint density at radius 3 is 3.33 bits per heavy atom. The predicted molar refractivity (Wildman–Crippen MR) is 59.0 cm³/mol. The van der Waals surface area contributed by atoms with Crippen molar-refractivity contribution in [3.8, 4) is 5.75 Å². The minimum Gasteiger partial charge on any atom is -0.490 e. The number of likely N-dealkylation sites (N-methyl/N-ethyl adjacent to an activating group) is 1. The molecule has 0 amide bonds. The van der Waals surface area contributed by atoms with Gasteiger partial charge in [-0.1, -0.05) is 0 Å². The number of piperazine rings is 1. The van der Waals surface area contributed by atoms with Gasteiger partial charge in [0, 0.05) is 25.8 Å². The molecule has 1 aliphatic rings. The molecule has 0 saturated carbocycles. The first-order valence-electron chi connectivity index (χ1n) is 5.30. The number of rotatable bonds is 3. The number of hydrogen-bond donors (Lipinski definition) is 1. The zero-order chi connectivity index (χ0) is 10.5. The molecule has 1 atom stereocenters. The summed E-state index contributed by atoms with van der Waals surface area (Å²) in [5.41, 5.74) is 0. The van der Waals surface area contributed by atoms with Crippen LogP contribution in [-0.4, -0.2) is 49.2 Å². The van der Waals surface area contributed by atoms with Crippen LogP contribution in [0.1, 0.15) is 0 Å². The van der Waals surface area contributed by atoms with Crippen molar-refractivity contribution >= 4 is 0 Å². The summed E-state index contributed by atoms with van der Waals surface area (Å²) in [6.45, 7) is 3.87. The van der Waals surface area contributed by atoms with Crippen molar-refractivity contribution in [1.82, 2.24) is 15.2 Å². The van der Waals surface area contributed by atoms with Gasteiger partial charge in [0.2, 0.25) is 0 Å². The summed E-state index contributed by atoms with van der Waals surface area (Å²) < 4.78 is 5.67. The van der Waals surface area contributed by atoms with E-state index in [0.29, 0.717) is 6.04 Å². The SMILES string of the molecule is CN1CCNCC1COc1cccnc1. The number of ether oxygens (including phenoxy) is 1. The molecule has 1 fully saturated rings. The van der Waals surface area contributed by atoms with Gasteiger partial charge in [-0.15, -0.1) is 0 Å². The van der Waals surface area contributed by atoms with Crippen LogP contribution in [0.4, 0.5) is 0 Å². The summed E-state index contributed by atoms with van der Waals surface area (Å²) in [5, 5.41) is 3.36. The largest absolute Gasteiger partial charge is 0.490 e. The van der Waals surface area contributed by atoms with Crippen molar-refractivity contribution in [3.63, 3.8) is 0 Å². The maximum atomic E-state index is 5.67. The molecule has 1 aliphatic heterocycles. The first-order chi connectivity index (χ1) is 7.36. The molecule has 1 aromatic rings. The Hall–Kier alpha value is -1.13. The molecular weight excluding hydrogens is 190 g/mol. The lowest BCUT2D eigenvalue weighted by Crippen LogP contribution is -2.51. The average molecular weight is 207 g/mol. The molecule has 4 heteroatoms. The molecule has 1 unspecified atom stereocenters. The summed E-state index contributed by atoms with van der Waals surface area (Å²) in [4.78, 5) is 6.34. The summed E-state index contributed by atoms with van der Waals surface area (Å²) in [6.07, 6.45) is 3.50. The monoisotopic (exact) mass is 207 g/mol. The van der Waals surface area contributed by atoms with Gasteiger partial charge in [0.15, 0.2) is 0 Å². The van der Waals surface area contributed by atoms with Crippen LogP contribution in [0.25, 0.3) is 0 Å². The van der Waals surface area contributed by atoms with E-state index in [1.165, 1.54) is 0 Å². The lowest BCUT2D eigenvalue weighted by atomic mass is 10.2. The van der Waals surface area contributed by atoms with Crippen molar-refractivity contribution in [2.24, 2.45) is 0 Å². The minimum absolute atomic E-state index is 0.457. The normalized spacial score (nSPS) is 22.6. The van der Waals surface area contributed by atoms with Gasteiger partial charge in [-0.25, -0.2) is 0 Å². The van der Waals surface area contributed by atoms with Crippen LogP contribution >= 0.6 is 0 Å². The highest BCUT2D eigenvalue weighted by molar-refractivity contribution is 5.15. The van der Waals surface area contributed by atoms with Crippen LogP contribution in [0.3, 0.4) is 0 Å². The van der Waals surface area contributed by atoms with Crippen LogP contribution in [0.5, 0.6) is 5.75 Å². The molecule has 0 aliphatic carbocycles. The molecule has 2 rings (SSSR count). The van der Waals surface area contributed by atoms with E-state index in [9.17, 15) is 0 Å². The van der Waals surface area contributed by atoms with Gasteiger partial charge < -0.3 is 10.1 Å². The summed E-state index contributed by atoms with van der Waals surface area (Å²) in [5.74, 6) is 0.844. The second kappa shape index (κ2) is 5.09. The van der Waals surface area contributed by atoms with Gasteiger partial charge in [-0.3, -0.25) is 9.88 Å². The van der Waals surface area contributed by atoms with Crippen molar-refractivity contribution in [2.75, 3.05) is 33.3 Å². The highest BCUT2D eigenvalue weighted by Crippen LogP contribution is 2.08. The smallest absolute Gasteiger partial charge is 0.137 e. The highest BCUT2D eigenvalue weighted by Gasteiger charge is 2.18. The van der Waals surface area contributed by atoms with E-state index in [2.05, 4.69) is 22.2 Å². The Kier molecular flexibility index (Phi) is 3.53. The van der Waals surface area contributed by atoms with Crippen LogP contribution in [-0.2, 0) is 0 Å². The Labute approximate surface area is 90.3 Å². The van der Waals surface area contributed by atoms with Gasteiger partial charge in [-0.2, -0.15) is 0 Å². The molecule has 1 N–H and O–H groups in total. The Morgan fingerprint density at radius 2 is 2.60 bits per heavy atom. The molecule has 0 spiro atoms. The molecule has 0 bridgehead atoms. The Morgan fingerprint density at radius 1 is 1.67 bits per heavy atom. The lowest BCUT2D eigenvalue weighted by molar-refractivity contribution is 0.136. The number of nitrogens with one attached hydrogen (secondary N) is 1. The van der Waals surface area contributed by atoms with Crippen molar-refractivity contribution < 1.29 is 4.74 Å². The zero-order valence-electron chi connectivity index (χ0n) is 9.02. The first-order valence-corrected chi connectivity index (χ1v) is 5.30. The molecule has 1 saturated heterocycles. The third-order valence-corrected chi connectivity index (χ3v) is 2.72. The van der Waals surface area contributed by atoms with Gasteiger partial charge in [0.05, 0.1) is 12.2 Å². The Bertz CT molecular complexity index is 291. The molecule has 15 heavy (non-hydrogen) atoms. The van der Waals surface area contributed by atoms with E-state index in [0.717, 1.165) is 32.0 Å². The van der Waals surface area contributed by atoms with E-state index >= 15 is 0 Å². The highest BCUT2D eigenvalue weighted by atomic mass is 16.5. The topological polar surface area (TPSA) is 37.4 Å². The second-order valence-corrected chi connectivity index (χ2v) is 3.84. The minimum atomic E-state index is 0.457. The van der Waals surface area contributed by atoms with Crippen LogP contribution in [0.2, 0.25) is 0 Å². The van der Waals surface area contributed by atoms with Gasteiger partial charge in [0.25, 0.3) is 0 Å². The molecule has 0 aromatic carbocycles. The summed E-state index contributed by atoms with van der Waals surface area (Å²) in [6, 6.07) is 4.28. The predicted octanol–water partition coefficient (Wildman–Crippen LogP) is 0.364. The molecule has 4 nitrogen and oxygen atoms in total. The fourth-order valence-corrected chi connectivity index (χ4v) is 1.67. The van der Waals surface area contributed by atoms with E-state index in [-0.39, 0.29) is 0 Å². The first kappa shape index (κ1) is 10.4. The van der Waals surface area contributed by atoms with Crippen LogP contribution in [0, 0.1) is 0 Å². The standard InChI is InChI=1S/C11H17N3O/c1-14-6-5-13-7-10(14)9-15-11-3-2-4-12-8-11/h2-4,8,10,13H,5-7,9H2,1H3.